The van der Waals surface area contributed by atoms with Crippen molar-refractivity contribution in [3.05, 3.63) is 18.7 Å². The van der Waals surface area contributed by atoms with Gasteiger partial charge in [0, 0.05) is 31.0 Å². The van der Waals surface area contributed by atoms with Crippen LogP contribution in [0.3, 0.4) is 0 Å². The smallest absolute Gasteiger partial charge is 0.242 e. The summed E-state index contributed by atoms with van der Waals surface area (Å²) < 4.78 is 7.35. The number of aromatic nitrogens is 2. The number of carbonyl (C=O) groups excluding carboxylic acids is 1. The highest BCUT2D eigenvalue weighted by atomic mass is 16.5. The van der Waals surface area contributed by atoms with E-state index < -0.39 is 0 Å². The Morgan fingerprint density at radius 2 is 2.37 bits per heavy atom. The molecule has 1 aromatic rings. The Morgan fingerprint density at radius 1 is 1.58 bits per heavy atom. The molecule has 0 radical (unpaired) electrons. The standard InChI is InChI=1S/C14H23N3O2/c1-3-19-10-14(5-4-6-14)9-16-13(18)12(2)17-8-7-15-11-17/h7-8,11-12H,3-6,9-10H2,1-2H3,(H,16,18)/t12-/m0/s1. The molecule has 1 saturated carbocycles. The maximum absolute atomic E-state index is 12.1. The van der Waals surface area contributed by atoms with E-state index >= 15 is 0 Å². The molecule has 1 N–H and O–H groups in total. The predicted molar refractivity (Wildman–Crippen MR) is 72.7 cm³/mol. The van der Waals surface area contributed by atoms with Crippen LogP contribution in [0.2, 0.25) is 0 Å². The van der Waals surface area contributed by atoms with Gasteiger partial charge >= 0.3 is 0 Å². The number of nitrogens with one attached hydrogen (secondary N) is 1. The van der Waals surface area contributed by atoms with Gasteiger partial charge in [0.15, 0.2) is 0 Å². The average Bonchev–Trinajstić information content (AvgIpc) is 2.89. The van der Waals surface area contributed by atoms with Crippen LogP contribution in [0.5, 0.6) is 0 Å². The molecule has 19 heavy (non-hydrogen) atoms. The van der Waals surface area contributed by atoms with Crippen molar-refractivity contribution in [2.24, 2.45) is 5.41 Å². The summed E-state index contributed by atoms with van der Waals surface area (Å²) in [6.07, 6.45) is 8.69. The number of hydrogen-bond acceptors (Lipinski definition) is 3. The van der Waals surface area contributed by atoms with Crippen molar-refractivity contribution in [3.8, 4) is 0 Å². The Kier molecular flexibility index (Phi) is 4.58. The summed E-state index contributed by atoms with van der Waals surface area (Å²) in [7, 11) is 0. The summed E-state index contributed by atoms with van der Waals surface area (Å²) in [4.78, 5) is 16.1. The zero-order valence-corrected chi connectivity index (χ0v) is 11.8. The number of nitrogens with zero attached hydrogens (tertiary/aromatic N) is 2. The van der Waals surface area contributed by atoms with Crippen molar-refractivity contribution in [2.45, 2.75) is 39.2 Å². The van der Waals surface area contributed by atoms with Gasteiger partial charge in [0.1, 0.15) is 6.04 Å². The van der Waals surface area contributed by atoms with Gasteiger partial charge in [-0.1, -0.05) is 6.42 Å². The van der Waals surface area contributed by atoms with Crippen LogP contribution in [0.1, 0.15) is 39.2 Å². The van der Waals surface area contributed by atoms with Gasteiger partial charge in [0.05, 0.1) is 12.9 Å². The summed E-state index contributed by atoms with van der Waals surface area (Å²) >= 11 is 0. The second-order valence-corrected chi connectivity index (χ2v) is 5.39. The minimum atomic E-state index is -0.216. The molecule has 1 amide bonds. The van der Waals surface area contributed by atoms with Gasteiger partial charge in [-0.05, 0) is 26.7 Å². The first-order valence-electron chi connectivity index (χ1n) is 7.00. The van der Waals surface area contributed by atoms with E-state index in [2.05, 4.69) is 10.3 Å². The summed E-state index contributed by atoms with van der Waals surface area (Å²) in [6, 6.07) is -0.216. The summed E-state index contributed by atoms with van der Waals surface area (Å²) in [6.45, 7) is 6.09. The Balaban J connectivity index is 1.82. The van der Waals surface area contributed by atoms with Gasteiger partial charge < -0.3 is 14.6 Å². The van der Waals surface area contributed by atoms with Gasteiger partial charge in [-0.15, -0.1) is 0 Å². The van der Waals surface area contributed by atoms with E-state index in [9.17, 15) is 4.79 Å². The lowest BCUT2D eigenvalue weighted by molar-refractivity contribution is -0.125. The number of ether oxygens (including phenoxy) is 1. The fourth-order valence-electron chi connectivity index (χ4n) is 2.42. The zero-order chi connectivity index (χ0) is 13.7. The first kappa shape index (κ1) is 14.1. The third-order valence-electron chi connectivity index (χ3n) is 4.02. The van der Waals surface area contributed by atoms with Crippen LogP contribution in [0, 0.1) is 5.41 Å². The van der Waals surface area contributed by atoms with Gasteiger partial charge in [-0.2, -0.15) is 0 Å². The number of imidazole rings is 1. The van der Waals surface area contributed by atoms with Crippen LogP contribution < -0.4 is 5.32 Å². The normalized spacial score (nSPS) is 18.6. The van der Waals surface area contributed by atoms with Crippen LogP contribution in [0.4, 0.5) is 0 Å². The van der Waals surface area contributed by atoms with Crippen molar-refractivity contribution >= 4 is 5.91 Å². The molecular weight excluding hydrogens is 242 g/mol. The van der Waals surface area contributed by atoms with Crippen molar-refractivity contribution in [1.29, 1.82) is 0 Å². The van der Waals surface area contributed by atoms with Crippen LogP contribution >= 0.6 is 0 Å². The second-order valence-electron chi connectivity index (χ2n) is 5.39. The van der Waals surface area contributed by atoms with Crippen molar-refractivity contribution < 1.29 is 9.53 Å². The highest BCUT2D eigenvalue weighted by molar-refractivity contribution is 5.79. The Labute approximate surface area is 114 Å². The van der Waals surface area contributed by atoms with E-state index in [1.165, 1.54) is 6.42 Å². The second kappa shape index (κ2) is 6.19. The van der Waals surface area contributed by atoms with Gasteiger partial charge in [-0.3, -0.25) is 4.79 Å². The maximum Gasteiger partial charge on any atom is 0.242 e. The SMILES string of the molecule is CCOCC1(CNC(=O)[C@H](C)n2ccnc2)CCC1. The molecule has 1 aromatic heterocycles. The highest BCUT2D eigenvalue weighted by Crippen LogP contribution is 2.40. The van der Waals surface area contributed by atoms with Gasteiger partial charge in [-0.25, -0.2) is 4.98 Å². The van der Waals surface area contributed by atoms with E-state index in [-0.39, 0.29) is 17.4 Å². The minimum Gasteiger partial charge on any atom is -0.381 e. The topological polar surface area (TPSA) is 56.1 Å². The molecular formula is C14H23N3O2. The lowest BCUT2D eigenvalue weighted by Crippen LogP contribution is -2.46. The molecule has 0 unspecified atom stereocenters. The number of hydrogen-bond donors (Lipinski definition) is 1. The summed E-state index contributed by atoms with van der Waals surface area (Å²) in [5.41, 5.74) is 0.167. The molecule has 0 aromatic carbocycles. The molecule has 5 nitrogen and oxygen atoms in total. The maximum atomic E-state index is 12.1. The third-order valence-corrected chi connectivity index (χ3v) is 4.02. The summed E-state index contributed by atoms with van der Waals surface area (Å²) in [5, 5.41) is 3.05. The predicted octanol–water partition coefficient (Wildman–Crippen LogP) is 1.77. The Morgan fingerprint density at radius 3 is 2.89 bits per heavy atom. The minimum absolute atomic E-state index is 0.0424. The molecule has 0 bridgehead atoms. The lowest BCUT2D eigenvalue weighted by Gasteiger charge is -2.41. The lowest BCUT2D eigenvalue weighted by atomic mass is 9.69. The largest absolute Gasteiger partial charge is 0.381 e. The molecule has 2 rings (SSSR count). The fourth-order valence-corrected chi connectivity index (χ4v) is 2.42. The van der Waals surface area contributed by atoms with Crippen LogP contribution in [0.25, 0.3) is 0 Å². The molecule has 1 aliphatic rings. The van der Waals surface area contributed by atoms with E-state index in [4.69, 9.17) is 4.74 Å². The Hall–Kier alpha value is -1.36. The molecule has 5 heteroatoms. The van der Waals surface area contributed by atoms with Crippen LogP contribution in [0.15, 0.2) is 18.7 Å². The number of carbonyl (C=O) groups is 1. The van der Waals surface area contributed by atoms with E-state index in [1.807, 2.05) is 24.6 Å². The first-order valence-corrected chi connectivity index (χ1v) is 7.00. The molecule has 0 spiro atoms. The van der Waals surface area contributed by atoms with Gasteiger partial charge in [0.2, 0.25) is 5.91 Å². The molecule has 1 fully saturated rings. The summed E-state index contributed by atoms with van der Waals surface area (Å²) in [5.74, 6) is 0.0424. The van der Waals surface area contributed by atoms with Crippen molar-refractivity contribution in [2.75, 3.05) is 19.8 Å². The van der Waals surface area contributed by atoms with Crippen molar-refractivity contribution in [1.82, 2.24) is 14.9 Å². The zero-order valence-electron chi connectivity index (χ0n) is 11.8. The van der Waals surface area contributed by atoms with Gasteiger partial charge in [0.25, 0.3) is 0 Å². The molecule has 0 saturated heterocycles. The van der Waals surface area contributed by atoms with Crippen molar-refractivity contribution in [3.63, 3.8) is 0 Å². The first-order chi connectivity index (χ1) is 9.17. The van der Waals surface area contributed by atoms with E-state index in [0.29, 0.717) is 6.54 Å². The number of amides is 1. The number of rotatable bonds is 7. The molecule has 0 aliphatic heterocycles. The van der Waals surface area contributed by atoms with Crippen LogP contribution in [-0.4, -0.2) is 35.2 Å². The molecule has 1 atom stereocenters. The average molecular weight is 265 g/mol. The molecule has 1 heterocycles. The van der Waals surface area contributed by atoms with E-state index in [0.717, 1.165) is 26.1 Å². The fraction of sp³-hybridized carbons (Fsp3) is 0.714. The molecule has 106 valence electrons. The third kappa shape index (κ3) is 3.35. The Bertz CT molecular complexity index is 399. The van der Waals surface area contributed by atoms with Crippen LogP contribution in [-0.2, 0) is 9.53 Å². The highest BCUT2D eigenvalue weighted by Gasteiger charge is 2.37. The quantitative estimate of drug-likeness (QED) is 0.817. The molecule has 1 aliphatic carbocycles. The monoisotopic (exact) mass is 265 g/mol. The van der Waals surface area contributed by atoms with E-state index in [1.54, 1.807) is 12.5 Å².